The van der Waals surface area contributed by atoms with Gasteiger partial charge in [-0.15, -0.1) is 0 Å². The van der Waals surface area contributed by atoms with Gasteiger partial charge in [0.25, 0.3) is 5.91 Å². The molecule has 108 valence electrons. The molecule has 1 fully saturated rings. The van der Waals surface area contributed by atoms with Crippen LogP contribution in [0.2, 0.25) is 0 Å². The number of carbonyl (C=O) groups is 2. The van der Waals surface area contributed by atoms with E-state index in [-0.39, 0.29) is 18.4 Å². The van der Waals surface area contributed by atoms with Gasteiger partial charge in [0.2, 0.25) is 5.91 Å². The van der Waals surface area contributed by atoms with Crippen LogP contribution in [-0.4, -0.2) is 55.3 Å². The summed E-state index contributed by atoms with van der Waals surface area (Å²) in [4.78, 5) is 27.9. The highest BCUT2D eigenvalue weighted by Crippen LogP contribution is 2.19. The standard InChI is InChI=1S/C15H21N3O2/c1-11-5-6-13(16-2)12(9-11)15(20)18-8-4-7-17(3)14(19)10-18/h5-6,9,16H,4,7-8,10H2,1-3H3. The van der Waals surface area contributed by atoms with Crippen LogP contribution >= 0.6 is 0 Å². The van der Waals surface area contributed by atoms with Crippen molar-refractivity contribution >= 4 is 17.5 Å². The molecule has 1 aliphatic rings. The van der Waals surface area contributed by atoms with Crippen molar-refractivity contribution in [2.24, 2.45) is 0 Å². The fraction of sp³-hybridized carbons (Fsp3) is 0.467. The van der Waals surface area contributed by atoms with Crippen LogP contribution in [0, 0.1) is 6.92 Å². The van der Waals surface area contributed by atoms with Gasteiger partial charge in [-0.3, -0.25) is 9.59 Å². The van der Waals surface area contributed by atoms with Gasteiger partial charge in [-0.2, -0.15) is 0 Å². The highest BCUT2D eigenvalue weighted by atomic mass is 16.2. The Morgan fingerprint density at radius 2 is 2.05 bits per heavy atom. The number of amides is 2. The van der Waals surface area contributed by atoms with Crippen LogP contribution in [0.5, 0.6) is 0 Å². The van der Waals surface area contributed by atoms with Gasteiger partial charge >= 0.3 is 0 Å². The first-order valence-corrected chi connectivity index (χ1v) is 6.84. The molecule has 1 aromatic rings. The molecule has 5 nitrogen and oxygen atoms in total. The number of hydrogen-bond donors (Lipinski definition) is 1. The molecule has 0 bridgehead atoms. The Hall–Kier alpha value is -2.04. The van der Waals surface area contributed by atoms with Crippen molar-refractivity contribution in [2.75, 3.05) is 39.0 Å². The second-order valence-electron chi connectivity index (χ2n) is 5.19. The number of likely N-dealkylation sites (N-methyl/N-ethyl adjacent to an activating group) is 1. The maximum absolute atomic E-state index is 12.7. The largest absolute Gasteiger partial charge is 0.387 e. The molecule has 0 atom stereocenters. The van der Waals surface area contributed by atoms with Crippen LogP contribution in [0.1, 0.15) is 22.3 Å². The molecule has 1 aliphatic heterocycles. The van der Waals surface area contributed by atoms with E-state index < -0.39 is 0 Å². The molecule has 1 saturated heterocycles. The lowest BCUT2D eigenvalue weighted by atomic mass is 10.1. The number of nitrogens with zero attached hydrogens (tertiary/aromatic N) is 2. The van der Waals surface area contributed by atoms with Crippen LogP contribution < -0.4 is 5.32 Å². The van der Waals surface area contributed by atoms with Crippen LogP contribution in [0.3, 0.4) is 0 Å². The van der Waals surface area contributed by atoms with Crippen molar-refractivity contribution in [3.05, 3.63) is 29.3 Å². The van der Waals surface area contributed by atoms with Gasteiger partial charge < -0.3 is 15.1 Å². The summed E-state index contributed by atoms with van der Waals surface area (Å²) in [7, 11) is 3.57. The van der Waals surface area contributed by atoms with Gasteiger partial charge in [0, 0.05) is 32.9 Å². The van der Waals surface area contributed by atoms with Crippen molar-refractivity contribution < 1.29 is 9.59 Å². The Kier molecular flexibility index (Phi) is 4.27. The zero-order valence-electron chi connectivity index (χ0n) is 12.3. The molecule has 2 rings (SSSR count). The van der Waals surface area contributed by atoms with E-state index >= 15 is 0 Å². The normalized spacial score (nSPS) is 16.1. The number of rotatable bonds is 2. The van der Waals surface area contributed by atoms with Gasteiger partial charge in [0.15, 0.2) is 0 Å². The summed E-state index contributed by atoms with van der Waals surface area (Å²) in [6.07, 6.45) is 0.814. The van der Waals surface area contributed by atoms with Crippen LogP contribution in [0.15, 0.2) is 18.2 Å². The molecular weight excluding hydrogens is 254 g/mol. The van der Waals surface area contributed by atoms with Gasteiger partial charge in [0.05, 0.1) is 5.56 Å². The molecule has 0 unspecified atom stereocenters. The van der Waals surface area contributed by atoms with Crippen molar-refractivity contribution in [3.8, 4) is 0 Å². The Morgan fingerprint density at radius 1 is 1.30 bits per heavy atom. The molecule has 0 aromatic heterocycles. The van der Waals surface area contributed by atoms with E-state index in [0.717, 1.165) is 17.7 Å². The van der Waals surface area contributed by atoms with Crippen molar-refractivity contribution in [2.45, 2.75) is 13.3 Å². The van der Waals surface area contributed by atoms with E-state index in [1.165, 1.54) is 0 Å². The summed E-state index contributed by atoms with van der Waals surface area (Å²) in [6, 6.07) is 5.73. The average Bonchev–Trinajstić information content (AvgIpc) is 2.60. The maximum atomic E-state index is 12.7. The predicted molar refractivity (Wildman–Crippen MR) is 78.9 cm³/mol. The molecular formula is C15H21N3O2. The lowest BCUT2D eigenvalue weighted by Gasteiger charge is -2.21. The third-order valence-corrected chi connectivity index (χ3v) is 3.64. The Labute approximate surface area is 119 Å². The summed E-state index contributed by atoms with van der Waals surface area (Å²) in [6.45, 7) is 3.44. The van der Waals surface area contributed by atoms with E-state index in [9.17, 15) is 9.59 Å². The lowest BCUT2D eigenvalue weighted by molar-refractivity contribution is -0.129. The summed E-state index contributed by atoms with van der Waals surface area (Å²) in [5.41, 5.74) is 2.46. The van der Waals surface area contributed by atoms with E-state index in [2.05, 4.69) is 5.32 Å². The Bertz CT molecular complexity index is 528. The minimum Gasteiger partial charge on any atom is -0.387 e. The van der Waals surface area contributed by atoms with E-state index in [4.69, 9.17) is 0 Å². The zero-order valence-corrected chi connectivity index (χ0v) is 12.3. The molecule has 1 aromatic carbocycles. The molecule has 0 saturated carbocycles. The Morgan fingerprint density at radius 3 is 2.75 bits per heavy atom. The SMILES string of the molecule is CNc1ccc(C)cc1C(=O)N1CCCN(C)C(=O)C1. The minimum atomic E-state index is -0.0818. The molecule has 0 radical (unpaired) electrons. The highest BCUT2D eigenvalue weighted by Gasteiger charge is 2.25. The van der Waals surface area contributed by atoms with Crippen molar-refractivity contribution in [1.29, 1.82) is 0 Å². The number of hydrogen-bond acceptors (Lipinski definition) is 3. The second kappa shape index (κ2) is 5.94. The summed E-state index contributed by atoms with van der Waals surface area (Å²) >= 11 is 0. The van der Waals surface area contributed by atoms with Gasteiger partial charge in [-0.25, -0.2) is 0 Å². The molecule has 20 heavy (non-hydrogen) atoms. The second-order valence-corrected chi connectivity index (χ2v) is 5.19. The molecule has 1 N–H and O–H groups in total. The quantitative estimate of drug-likeness (QED) is 0.886. The van der Waals surface area contributed by atoms with Crippen LogP contribution in [0.4, 0.5) is 5.69 Å². The highest BCUT2D eigenvalue weighted by molar-refractivity contribution is 6.01. The van der Waals surface area contributed by atoms with E-state index in [0.29, 0.717) is 18.7 Å². The fourth-order valence-corrected chi connectivity index (χ4v) is 2.38. The molecule has 5 heteroatoms. The first kappa shape index (κ1) is 14.4. The summed E-state index contributed by atoms with van der Waals surface area (Å²) in [5, 5.41) is 3.04. The fourth-order valence-electron chi connectivity index (χ4n) is 2.38. The smallest absolute Gasteiger partial charge is 0.256 e. The van der Waals surface area contributed by atoms with Crippen LogP contribution in [-0.2, 0) is 4.79 Å². The minimum absolute atomic E-state index is 0.00508. The number of aryl methyl sites for hydroxylation is 1. The first-order valence-electron chi connectivity index (χ1n) is 6.84. The van der Waals surface area contributed by atoms with Gasteiger partial charge in [0.1, 0.15) is 6.54 Å². The average molecular weight is 275 g/mol. The number of anilines is 1. The van der Waals surface area contributed by atoms with Crippen LogP contribution in [0.25, 0.3) is 0 Å². The number of carbonyl (C=O) groups excluding carboxylic acids is 2. The van der Waals surface area contributed by atoms with E-state index in [1.807, 2.05) is 25.1 Å². The van der Waals surface area contributed by atoms with E-state index in [1.54, 1.807) is 23.9 Å². The third-order valence-electron chi connectivity index (χ3n) is 3.64. The lowest BCUT2D eigenvalue weighted by Crippen LogP contribution is -2.38. The zero-order chi connectivity index (χ0) is 14.7. The monoisotopic (exact) mass is 275 g/mol. The first-order chi connectivity index (χ1) is 9.52. The van der Waals surface area contributed by atoms with Gasteiger partial charge in [-0.05, 0) is 25.5 Å². The predicted octanol–water partition coefficient (Wildman–Crippen LogP) is 1.34. The Balaban J connectivity index is 2.26. The van der Waals surface area contributed by atoms with Gasteiger partial charge in [-0.1, -0.05) is 11.6 Å². The number of nitrogens with one attached hydrogen (secondary N) is 1. The summed E-state index contributed by atoms with van der Waals surface area (Å²) < 4.78 is 0. The number of benzene rings is 1. The molecule has 1 heterocycles. The van der Waals surface area contributed by atoms with Crippen molar-refractivity contribution in [1.82, 2.24) is 9.80 Å². The molecule has 0 aliphatic carbocycles. The molecule has 2 amide bonds. The topological polar surface area (TPSA) is 52.7 Å². The molecule has 0 spiro atoms. The third kappa shape index (κ3) is 2.92. The summed E-state index contributed by atoms with van der Waals surface area (Å²) in [5.74, 6) is -0.0868. The van der Waals surface area contributed by atoms with Crippen molar-refractivity contribution in [3.63, 3.8) is 0 Å². The maximum Gasteiger partial charge on any atom is 0.256 e.